The van der Waals surface area contributed by atoms with Crippen molar-refractivity contribution in [2.45, 2.75) is 31.1 Å². The molecule has 0 saturated carbocycles. The van der Waals surface area contributed by atoms with Gasteiger partial charge in [0.05, 0.1) is 10.6 Å². The summed E-state index contributed by atoms with van der Waals surface area (Å²) in [7, 11) is -4.19. The fraction of sp³-hybridized carbons (Fsp3) is 0.148. The number of aryl methyl sites for hydroxylation is 1. The molecule has 1 amide bonds. The van der Waals surface area contributed by atoms with E-state index in [9.17, 15) is 13.2 Å². The Morgan fingerprint density at radius 2 is 1.52 bits per heavy atom. The molecule has 0 aromatic heterocycles. The largest absolute Gasteiger partial charge is 0.272 e. The zero-order valence-corrected chi connectivity index (χ0v) is 19.8. The maximum absolute atomic E-state index is 13.8. The van der Waals surface area contributed by atoms with E-state index in [4.69, 9.17) is 11.6 Å². The van der Waals surface area contributed by atoms with Gasteiger partial charge >= 0.3 is 0 Å². The number of amides is 1. The van der Waals surface area contributed by atoms with E-state index in [0.29, 0.717) is 21.7 Å². The number of rotatable bonds is 7. The fourth-order valence-electron chi connectivity index (χ4n) is 3.78. The second-order valence-electron chi connectivity index (χ2n) is 7.83. The van der Waals surface area contributed by atoms with Gasteiger partial charge in [-0.2, -0.15) is 4.31 Å². The first-order chi connectivity index (χ1) is 15.9. The summed E-state index contributed by atoms with van der Waals surface area (Å²) in [5, 5.41) is 1.98. The third kappa shape index (κ3) is 4.80. The van der Waals surface area contributed by atoms with Crippen molar-refractivity contribution in [1.82, 2.24) is 0 Å². The van der Waals surface area contributed by atoms with Gasteiger partial charge in [-0.1, -0.05) is 73.5 Å². The van der Waals surface area contributed by atoms with Gasteiger partial charge in [-0.25, -0.2) is 8.42 Å². The minimum absolute atomic E-state index is 0.00412. The molecule has 33 heavy (non-hydrogen) atoms. The highest BCUT2D eigenvalue weighted by Crippen LogP contribution is 2.29. The third-order valence-corrected chi connectivity index (χ3v) is 7.52. The SMILES string of the molecule is CCCCc1ccc(N(C(=O)c2cccc3ccccc23)S(=O)(=O)c2ccc(Cl)cc2)cc1. The molecule has 0 N–H and O–H groups in total. The topological polar surface area (TPSA) is 54.5 Å². The normalized spacial score (nSPS) is 11.5. The first kappa shape index (κ1) is 23.0. The van der Waals surface area contributed by atoms with Crippen molar-refractivity contribution < 1.29 is 13.2 Å². The predicted octanol–water partition coefficient (Wildman–Crippen LogP) is 6.87. The molecule has 168 valence electrons. The number of unbranched alkanes of at least 4 members (excludes halogenated alkanes) is 1. The zero-order valence-electron chi connectivity index (χ0n) is 18.2. The van der Waals surface area contributed by atoms with Crippen LogP contribution in [-0.4, -0.2) is 14.3 Å². The number of carbonyl (C=O) groups excluding carboxylic acids is 1. The lowest BCUT2D eigenvalue weighted by Crippen LogP contribution is -2.37. The van der Waals surface area contributed by atoms with Crippen molar-refractivity contribution >= 4 is 44.0 Å². The molecule has 4 aromatic rings. The highest BCUT2D eigenvalue weighted by atomic mass is 35.5. The van der Waals surface area contributed by atoms with Crippen molar-refractivity contribution in [3.63, 3.8) is 0 Å². The van der Waals surface area contributed by atoms with Crippen LogP contribution in [0.5, 0.6) is 0 Å². The summed E-state index contributed by atoms with van der Waals surface area (Å²) in [5.41, 5.74) is 1.71. The summed E-state index contributed by atoms with van der Waals surface area (Å²) < 4.78 is 28.3. The summed E-state index contributed by atoms with van der Waals surface area (Å²) in [4.78, 5) is 13.8. The van der Waals surface area contributed by atoms with Gasteiger partial charge in [0.1, 0.15) is 0 Å². The van der Waals surface area contributed by atoms with Crippen LogP contribution >= 0.6 is 11.6 Å². The Balaban J connectivity index is 1.85. The van der Waals surface area contributed by atoms with Crippen molar-refractivity contribution in [3.8, 4) is 0 Å². The Labute approximate surface area is 199 Å². The third-order valence-electron chi connectivity index (χ3n) is 5.55. The second-order valence-corrected chi connectivity index (χ2v) is 10.0. The maximum atomic E-state index is 13.8. The Hall–Kier alpha value is -3.15. The molecule has 4 rings (SSSR count). The van der Waals surface area contributed by atoms with Gasteiger partial charge in [-0.15, -0.1) is 0 Å². The monoisotopic (exact) mass is 477 g/mol. The first-order valence-electron chi connectivity index (χ1n) is 10.8. The van der Waals surface area contributed by atoms with Crippen LogP contribution in [0, 0.1) is 0 Å². The van der Waals surface area contributed by atoms with Crippen LogP contribution in [0.25, 0.3) is 10.8 Å². The van der Waals surface area contributed by atoms with E-state index in [-0.39, 0.29) is 4.90 Å². The lowest BCUT2D eigenvalue weighted by atomic mass is 10.0. The number of sulfonamides is 1. The van der Waals surface area contributed by atoms with E-state index >= 15 is 0 Å². The molecule has 0 heterocycles. The smallest absolute Gasteiger partial charge is 0.268 e. The average Bonchev–Trinajstić information content (AvgIpc) is 2.83. The molecule has 0 bridgehead atoms. The van der Waals surface area contributed by atoms with E-state index in [1.54, 1.807) is 24.3 Å². The summed E-state index contributed by atoms with van der Waals surface area (Å²) >= 11 is 5.97. The van der Waals surface area contributed by atoms with Gasteiger partial charge in [-0.05, 0) is 71.6 Å². The van der Waals surface area contributed by atoms with Crippen molar-refractivity contribution in [1.29, 1.82) is 0 Å². The number of hydrogen-bond donors (Lipinski definition) is 0. The van der Waals surface area contributed by atoms with Crippen molar-refractivity contribution in [2.75, 3.05) is 4.31 Å². The van der Waals surface area contributed by atoms with Gasteiger partial charge in [0.25, 0.3) is 15.9 Å². The number of hydrogen-bond acceptors (Lipinski definition) is 3. The summed E-state index contributed by atoms with van der Waals surface area (Å²) in [6.45, 7) is 2.12. The van der Waals surface area contributed by atoms with E-state index in [1.165, 1.54) is 24.3 Å². The van der Waals surface area contributed by atoms with Gasteiger partial charge in [0.2, 0.25) is 0 Å². The summed E-state index contributed by atoms with van der Waals surface area (Å²) in [5.74, 6) is -0.608. The molecule has 0 radical (unpaired) electrons. The molecule has 0 saturated heterocycles. The Morgan fingerprint density at radius 1 is 0.848 bits per heavy atom. The number of nitrogens with zero attached hydrogens (tertiary/aromatic N) is 1. The van der Waals surface area contributed by atoms with E-state index in [0.717, 1.165) is 34.5 Å². The van der Waals surface area contributed by atoms with Crippen LogP contribution in [-0.2, 0) is 16.4 Å². The second kappa shape index (κ2) is 9.77. The van der Waals surface area contributed by atoms with Crippen LogP contribution in [0.4, 0.5) is 5.69 Å². The highest BCUT2D eigenvalue weighted by molar-refractivity contribution is 7.93. The van der Waals surface area contributed by atoms with Crippen LogP contribution in [0.2, 0.25) is 5.02 Å². The van der Waals surface area contributed by atoms with Gasteiger partial charge in [0.15, 0.2) is 0 Å². The van der Waals surface area contributed by atoms with E-state index in [1.807, 2.05) is 42.5 Å². The van der Waals surface area contributed by atoms with Gasteiger partial charge in [-0.3, -0.25) is 4.79 Å². The van der Waals surface area contributed by atoms with Crippen LogP contribution < -0.4 is 4.31 Å². The molecular weight excluding hydrogens is 454 g/mol. The van der Waals surface area contributed by atoms with Crippen LogP contribution in [0.1, 0.15) is 35.7 Å². The molecule has 0 unspecified atom stereocenters. The van der Waals surface area contributed by atoms with Gasteiger partial charge < -0.3 is 0 Å². The Morgan fingerprint density at radius 3 is 2.21 bits per heavy atom. The lowest BCUT2D eigenvalue weighted by Gasteiger charge is -2.24. The predicted molar refractivity (Wildman–Crippen MR) is 134 cm³/mol. The highest BCUT2D eigenvalue weighted by Gasteiger charge is 2.32. The molecule has 0 fully saturated rings. The zero-order chi connectivity index (χ0) is 23.4. The molecule has 6 heteroatoms. The molecular formula is C27H24ClNO3S. The number of fused-ring (bicyclic) bond motifs is 1. The Bertz CT molecular complexity index is 1380. The molecule has 0 aliphatic carbocycles. The van der Waals surface area contributed by atoms with Crippen molar-refractivity contribution in [3.05, 3.63) is 107 Å². The first-order valence-corrected chi connectivity index (χ1v) is 12.7. The lowest BCUT2D eigenvalue weighted by molar-refractivity contribution is 0.101. The molecule has 4 aromatic carbocycles. The molecule has 0 aliphatic heterocycles. The number of carbonyl (C=O) groups is 1. The summed E-state index contributed by atoms with van der Waals surface area (Å²) in [6, 6.07) is 25.7. The average molecular weight is 478 g/mol. The molecule has 0 spiro atoms. The van der Waals surface area contributed by atoms with Crippen molar-refractivity contribution in [2.24, 2.45) is 0 Å². The minimum Gasteiger partial charge on any atom is -0.268 e. The number of anilines is 1. The number of benzene rings is 4. The van der Waals surface area contributed by atoms with E-state index < -0.39 is 15.9 Å². The Kier molecular flexibility index (Phi) is 6.82. The fourth-order valence-corrected chi connectivity index (χ4v) is 5.31. The quantitative estimate of drug-likeness (QED) is 0.292. The molecule has 4 nitrogen and oxygen atoms in total. The number of halogens is 1. The maximum Gasteiger partial charge on any atom is 0.272 e. The van der Waals surface area contributed by atoms with Crippen LogP contribution in [0.15, 0.2) is 95.9 Å². The minimum atomic E-state index is -4.19. The standard InChI is InChI=1S/C27H24ClNO3S/c1-2-3-7-20-12-16-23(17-13-20)29(33(31,32)24-18-14-22(28)15-19-24)27(30)26-11-6-9-21-8-4-5-10-25(21)26/h4-6,8-19H,2-3,7H2,1H3. The van der Waals surface area contributed by atoms with Gasteiger partial charge in [0, 0.05) is 10.6 Å². The van der Waals surface area contributed by atoms with E-state index in [2.05, 4.69) is 6.92 Å². The molecule has 0 atom stereocenters. The summed E-state index contributed by atoms with van der Waals surface area (Å²) in [6.07, 6.45) is 3.01. The van der Waals surface area contributed by atoms with Crippen LogP contribution in [0.3, 0.4) is 0 Å². The molecule has 0 aliphatic rings.